The first-order valence-corrected chi connectivity index (χ1v) is 17.9. The maximum Gasteiger partial charge on any atom is 0.475 e. The molecule has 2 aromatic carbocycles. The molecule has 0 radical (unpaired) electrons. The van der Waals surface area contributed by atoms with Crippen LogP contribution in [0.1, 0.15) is 94.4 Å². The first-order valence-electron chi connectivity index (χ1n) is 15.4. The number of carbonyl (C=O) groups excluding carboxylic acids is 1. The Balaban J connectivity index is 1.60. The van der Waals surface area contributed by atoms with Gasteiger partial charge in [0.05, 0.1) is 47.4 Å². The van der Waals surface area contributed by atoms with E-state index < -0.39 is 61.5 Å². The zero-order valence-electron chi connectivity index (χ0n) is 27.6. The Morgan fingerprint density at radius 3 is 2.35 bits per heavy atom. The van der Waals surface area contributed by atoms with Crippen molar-refractivity contribution in [2.45, 2.75) is 96.2 Å². The molecule has 4 N–H and O–H groups in total. The number of alkyl halides is 1. The van der Waals surface area contributed by atoms with Gasteiger partial charge in [0.2, 0.25) is 0 Å². The summed E-state index contributed by atoms with van der Waals surface area (Å²) in [4.78, 5) is 22.2. The minimum absolute atomic E-state index is 0.0142. The topological polar surface area (TPSA) is 146 Å². The standard InChI is InChI=1S/C33H41F3IN4O6P/c1-32(2,3)46-48(44,47-33(4,5)6)45-17-27(20-11-21(34)15-22(37)12-20)41-31(43)23-9-7-19(14-24(23)35)29-30(38)39-16-26(40-29)18-8-10-28(42)25(36)13-18/h7,9,11-12,14-16,18,25,27-28,42H,8,10,13,17H2,1-6H3,(H2,38,39)(H,41,43)/t18-,25-,27+,28-/m1/s1. The van der Waals surface area contributed by atoms with Crippen LogP contribution in [0.15, 0.2) is 42.6 Å². The molecule has 1 saturated carbocycles. The average molecular weight is 805 g/mol. The normalized spacial score (nSPS) is 19.6. The summed E-state index contributed by atoms with van der Waals surface area (Å²) in [6.07, 6.45) is -0.123. The summed E-state index contributed by atoms with van der Waals surface area (Å²) in [5.74, 6) is -2.64. The molecule has 1 amide bonds. The number of nitrogens with zero attached hydrogens (tertiary/aromatic N) is 2. The van der Waals surface area contributed by atoms with Crippen LogP contribution < -0.4 is 11.1 Å². The zero-order valence-corrected chi connectivity index (χ0v) is 30.7. The average Bonchev–Trinajstić information content (AvgIpc) is 2.94. The Kier molecular flexibility index (Phi) is 12.0. The molecule has 4 atom stereocenters. The van der Waals surface area contributed by atoms with Crippen molar-refractivity contribution in [2.24, 2.45) is 0 Å². The van der Waals surface area contributed by atoms with E-state index in [0.717, 1.165) is 6.07 Å². The molecule has 1 aliphatic rings. The third-order valence-corrected chi connectivity index (χ3v) is 9.86. The molecule has 48 heavy (non-hydrogen) atoms. The highest BCUT2D eigenvalue weighted by Crippen LogP contribution is 2.55. The van der Waals surface area contributed by atoms with Crippen LogP contribution in [-0.2, 0) is 18.1 Å². The molecular weight excluding hydrogens is 763 g/mol. The summed E-state index contributed by atoms with van der Waals surface area (Å²) in [5, 5.41) is 12.4. The number of phosphoric acid groups is 1. The first-order chi connectivity index (χ1) is 22.2. The third-order valence-electron chi connectivity index (χ3n) is 7.23. The zero-order chi connectivity index (χ0) is 35.6. The summed E-state index contributed by atoms with van der Waals surface area (Å²) in [6.45, 7) is 9.57. The van der Waals surface area contributed by atoms with Gasteiger partial charge in [-0.05, 0) is 119 Å². The summed E-state index contributed by atoms with van der Waals surface area (Å²) in [6, 6.07) is 6.74. The van der Waals surface area contributed by atoms with Gasteiger partial charge in [0.15, 0.2) is 0 Å². The van der Waals surface area contributed by atoms with Gasteiger partial charge in [0.25, 0.3) is 5.91 Å². The van der Waals surface area contributed by atoms with Gasteiger partial charge >= 0.3 is 7.82 Å². The number of benzene rings is 2. The highest BCUT2D eigenvalue weighted by molar-refractivity contribution is 14.1. The second-order valence-corrected chi connectivity index (χ2v) is 16.5. The number of aliphatic hydroxyl groups excluding tert-OH is 1. The smallest absolute Gasteiger partial charge is 0.390 e. The monoisotopic (exact) mass is 804 g/mol. The lowest BCUT2D eigenvalue weighted by molar-refractivity contribution is 0.000610. The largest absolute Gasteiger partial charge is 0.475 e. The number of nitrogen functional groups attached to an aromatic ring is 1. The Labute approximate surface area is 292 Å². The number of halogens is 4. The molecule has 1 fully saturated rings. The molecule has 1 aliphatic carbocycles. The van der Waals surface area contributed by atoms with Crippen LogP contribution in [0.25, 0.3) is 11.3 Å². The highest BCUT2D eigenvalue weighted by atomic mass is 127. The molecular formula is C33H41F3IN4O6P. The molecule has 0 bridgehead atoms. The van der Waals surface area contributed by atoms with E-state index in [-0.39, 0.29) is 47.0 Å². The Morgan fingerprint density at radius 1 is 1.10 bits per heavy atom. The van der Waals surface area contributed by atoms with Gasteiger partial charge in [-0.25, -0.2) is 27.7 Å². The van der Waals surface area contributed by atoms with Gasteiger partial charge in [-0.2, -0.15) is 0 Å². The molecule has 0 saturated heterocycles. The first kappa shape index (κ1) is 38.2. The van der Waals surface area contributed by atoms with Crippen molar-refractivity contribution < 1.29 is 41.2 Å². The molecule has 10 nitrogen and oxygen atoms in total. The minimum atomic E-state index is -4.23. The highest BCUT2D eigenvalue weighted by Gasteiger charge is 2.38. The van der Waals surface area contributed by atoms with Crippen LogP contribution in [0.5, 0.6) is 0 Å². The van der Waals surface area contributed by atoms with E-state index in [2.05, 4.69) is 15.3 Å². The Bertz CT molecular complexity index is 1650. The van der Waals surface area contributed by atoms with Gasteiger partial charge in [-0.1, -0.05) is 6.07 Å². The van der Waals surface area contributed by atoms with Crippen molar-refractivity contribution in [3.05, 3.63) is 74.6 Å². The summed E-state index contributed by atoms with van der Waals surface area (Å²) >= 11 is 1.92. The van der Waals surface area contributed by atoms with E-state index >= 15 is 4.39 Å². The van der Waals surface area contributed by atoms with E-state index in [1.54, 1.807) is 47.6 Å². The SMILES string of the molecule is CC(C)(C)OP(=O)(OC[C@H](NC(=O)c1ccc(-c2nc([C@@H]3CC[C@@H](O)[C@H](F)C3)cnc2N)cc1F)c1cc(F)cc(I)c1)OC(C)(C)C. The van der Waals surface area contributed by atoms with Crippen molar-refractivity contribution in [3.63, 3.8) is 0 Å². The number of carbonyl (C=O) groups is 1. The number of aromatic nitrogens is 2. The second kappa shape index (κ2) is 15.1. The number of phosphoric ester groups is 1. The lowest BCUT2D eigenvalue weighted by atomic mass is 9.84. The van der Waals surface area contributed by atoms with Crippen molar-refractivity contribution in [1.29, 1.82) is 0 Å². The number of anilines is 1. The van der Waals surface area contributed by atoms with E-state index in [0.29, 0.717) is 15.7 Å². The maximum absolute atomic E-state index is 15.6. The molecule has 15 heteroatoms. The van der Waals surface area contributed by atoms with Crippen molar-refractivity contribution in [1.82, 2.24) is 15.3 Å². The molecule has 0 spiro atoms. The van der Waals surface area contributed by atoms with Crippen molar-refractivity contribution in [2.75, 3.05) is 12.3 Å². The Hall–Kier alpha value is -2.62. The number of amides is 1. The second-order valence-electron chi connectivity index (χ2n) is 13.7. The molecule has 0 unspecified atom stereocenters. The number of hydrogen-bond donors (Lipinski definition) is 3. The predicted molar refractivity (Wildman–Crippen MR) is 184 cm³/mol. The molecule has 1 aromatic heterocycles. The van der Waals surface area contributed by atoms with Crippen LogP contribution in [0.3, 0.4) is 0 Å². The molecule has 0 aliphatic heterocycles. The van der Waals surface area contributed by atoms with E-state index in [4.69, 9.17) is 19.3 Å². The van der Waals surface area contributed by atoms with Crippen LogP contribution in [0.4, 0.5) is 19.0 Å². The van der Waals surface area contributed by atoms with Crippen LogP contribution in [-0.4, -0.2) is 51.1 Å². The number of nitrogens with one attached hydrogen (secondary N) is 1. The van der Waals surface area contributed by atoms with Gasteiger partial charge in [0, 0.05) is 15.1 Å². The van der Waals surface area contributed by atoms with Gasteiger partial charge in [0.1, 0.15) is 29.3 Å². The van der Waals surface area contributed by atoms with Gasteiger partial charge < -0.3 is 16.2 Å². The van der Waals surface area contributed by atoms with Crippen molar-refractivity contribution in [3.8, 4) is 11.3 Å². The van der Waals surface area contributed by atoms with Crippen LogP contribution >= 0.6 is 30.4 Å². The number of aliphatic hydroxyl groups is 1. The minimum Gasteiger partial charge on any atom is -0.390 e. The maximum atomic E-state index is 15.6. The lowest BCUT2D eigenvalue weighted by Gasteiger charge is -2.32. The van der Waals surface area contributed by atoms with E-state index in [1.807, 2.05) is 22.6 Å². The molecule has 262 valence electrons. The molecule has 3 aromatic rings. The van der Waals surface area contributed by atoms with E-state index in [9.17, 15) is 23.2 Å². The summed E-state index contributed by atoms with van der Waals surface area (Å²) in [7, 11) is -4.23. The third kappa shape index (κ3) is 10.4. The fraction of sp³-hybridized carbons (Fsp3) is 0.485. The Morgan fingerprint density at radius 2 is 1.77 bits per heavy atom. The number of hydrogen-bond acceptors (Lipinski definition) is 9. The summed E-state index contributed by atoms with van der Waals surface area (Å²) in [5.41, 5.74) is 5.00. The van der Waals surface area contributed by atoms with Gasteiger partial charge in [-0.15, -0.1) is 0 Å². The number of rotatable bonds is 10. The van der Waals surface area contributed by atoms with E-state index in [1.165, 1.54) is 30.5 Å². The predicted octanol–water partition coefficient (Wildman–Crippen LogP) is 7.80. The van der Waals surface area contributed by atoms with Crippen molar-refractivity contribution >= 4 is 42.1 Å². The summed E-state index contributed by atoms with van der Waals surface area (Å²) < 4.78 is 75.6. The molecule has 1 heterocycles. The fourth-order valence-corrected chi connectivity index (χ4v) is 7.65. The lowest BCUT2D eigenvalue weighted by Crippen LogP contribution is -2.33. The quantitative estimate of drug-likeness (QED) is 0.138. The number of nitrogens with two attached hydrogens (primary N) is 1. The van der Waals surface area contributed by atoms with Gasteiger partial charge in [-0.3, -0.25) is 18.4 Å². The van der Waals surface area contributed by atoms with Crippen LogP contribution in [0.2, 0.25) is 0 Å². The molecule has 4 rings (SSSR count). The van der Waals surface area contributed by atoms with Crippen LogP contribution in [0, 0.1) is 15.2 Å². The fourth-order valence-electron chi connectivity index (χ4n) is 5.18.